The van der Waals surface area contributed by atoms with Crippen molar-refractivity contribution >= 4 is 0 Å². The van der Waals surface area contributed by atoms with Crippen molar-refractivity contribution in [3.05, 3.63) is 0 Å². The first-order valence-electron chi connectivity index (χ1n) is 15.6. The van der Waals surface area contributed by atoms with Crippen molar-refractivity contribution in [1.82, 2.24) is 4.90 Å². The topological polar surface area (TPSA) is 3.24 Å². The molecule has 2 saturated carbocycles. The van der Waals surface area contributed by atoms with Crippen LogP contribution in [0.25, 0.3) is 0 Å². The molecule has 0 amide bonds. The zero-order valence-electron chi connectivity index (χ0n) is 22.1. The number of hydrogen-bond donors (Lipinski definition) is 0. The van der Waals surface area contributed by atoms with Gasteiger partial charge in [0.1, 0.15) is 0 Å². The van der Waals surface area contributed by atoms with E-state index in [1.165, 1.54) is 167 Å². The van der Waals surface area contributed by atoms with Gasteiger partial charge in [-0.2, -0.15) is 0 Å². The summed E-state index contributed by atoms with van der Waals surface area (Å²) in [7, 11) is 2.59. The first-order valence-corrected chi connectivity index (χ1v) is 15.6. The van der Waals surface area contributed by atoms with Crippen molar-refractivity contribution in [2.45, 2.75) is 179 Å². The third kappa shape index (κ3) is 9.68. The van der Waals surface area contributed by atoms with Crippen LogP contribution in [0.5, 0.6) is 0 Å². The molecule has 188 valence electrons. The molecule has 1 aliphatic heterocycles. The fraction of sp³-hybridized carbons (Fsp3) is 1.00. The van der Waals surface area contributed by atoms with Gasteiger partial charge in [0.05, 0.1) is 0 Å². The number of likely N-dealkylation sites (tertiary alicyclic amines) is 1. The van der Waals surface area contributed by atoms with E-state index in [4.69, 9.17) is 0 Å². The monoisotopic (exact) mass is 445 g/mol. The van der Waals surface area contributed by atoms with Crippen molar-refractivity contribution in [3.8, 4) is 0 Å². The Morgan fingerprint density at radius 3 is 0.906 bits per heavy atom. The van der Waals surface area contributed by atoms with E-state index in [0.717, 1.165) is 23.9 Å². The van der Waals surface area contributed by atoms with Crippen molar-refractivity contribution in [2.24, 2.45) is 11.8 Å². The standard InChI is InChI=1S/C31H59N/c1-32-30-26-19-15-11-7-3-2-5-9-13-17-22-28(30)24-21-25-29-23-18-14-10-6-4-8-12-16-20-27-31(29)32/h28-31H,2-27H2,1H3. The van der Waals surface area contributed by atoms with Crippen LogP contribution in [0.1, 0.15) is 167 Å². The summed E-state index contributed by atoms with van der Waals surface area (Å²) in [6, 6.07) is 1.75. The lowest BCUT2D eigenvalue weighted by Crippen LogP contribution is -2.49. The largest absolute Gasteiger partial charge is 0.300 e. The maximum absolute atomic E-state index is 3.01. The summed E-state index contributed by atoms with van der Waals surface area (Å²) in [5, 5.41) is 0. The Labute approximate surface area is 202 Å². The zero-order chi connectivity index (χ0) is 22.3. The lowest BCUT2D eigenvalue weighted by atomic mass is 9.76. The predicted octanol–water partition coefficient (Wildman–Crippen LogP) is 10.1. The minimum absolute atomic E-state index is 0.876. The van der Waals surface area contributed by atoms with Crippen molar-refractivity contribution in [1.29, 1.82) is 0 Å². The maximum Gasteiger partial charge on any atom is 0.0123 e. The lowest BCUT2D eigenvalue weighted by Gasteiger charge is -2.45. The van der Waals surface area contributed by atoms with E-state index in [1.807, 2.05) is 0 Å². The summed E-state index contributed by atoms with van der Waals surface area (Å²) >= 11 is 0. The van der Waals surface area contributed by atoms with Crippen molar-refractivity contribution in [2.75, 3.05) is 7.05 Å². The quantitative estimate of drug-likeness (QED) is 0.358. The van der Waals surface area contributed by atoms with Crippen LogP contribution in [0.3, 0.4) is 0 Å². The highest BCUT2D eigenvalue weighted by Crippen LogP contribution is 2.37. The molecule has 0 aromatic heterocycles. The Kier molecular flexibility index (Phi) is 13.7. The molecule has 1 heteroatoms. The van der Waals surface area contributed by atoms with E-state index in [-0.39, 0.29) is 0 Å². The fourth-order valence-corrected chi connectivity index (χ4v) is 7.66. The average Bonchev–Trinajstić information content (AvgIpc) is 2.81. The molecular weight excluding hydrogens is 386 g/mol. The molecule has 0 spiro atoms. The second-order valence-electron chi connectivity index (χ2n) is 12.1. The van der Waals surface area contributed by atoms with Crippen LogP contribution in [-0.2, 0) is 0 Å². The molecule has 4 unspecified atom stereocenters. The number of hydrogen-bond acceptors (Lipinski definition) is 1. The second-order valence-corrected chi connectivity index (χ2v) is 12.1. The maximum atomic E-state index is 3.01. The molecule has 1 heterocycles. The first kappa shape index (κ1) is 26.6. The molecule has 1 saturated heterocycles. The molecular formula is C31H59N. The van der Waals surface area contributed by atoms with Gasteiger partial charge in [-0.1, -0.05) is 128 Å². The van der Waals surface area contributed by atoms with Crippen LogP contribution in [0.2, 0.25) is 0 Å². The number of fused-ring (bicyclic) bond motifs is 2. The summed E-state index contributed by atoms with van der Waals surface area (Å²) < 4.78 is 0. The van der Waals surface area contributed by atoms with Crippen LogP contribution in [-0.4, -0.2) is 24.0 Å². The Bertz CT molecular complexity index is 446. The van der Waals surface area contributed by atoms with Crippen LogP contribution < -0.4 is 0 Å². The lowest BCUT2D eigenvalue weighted by molar-refractivity contribution is 0.0401. The van der Waals surface area contributed by atoms with Gasteiger partial charge in [-0.3, -0.25) is 4.90 Å². The molecule has 1 nitrogen and oxygen atoms in total. The summed E-state index contributed by atoms with van der Waals surface area (Å²) in [5.41, 5.74) is 0. The summed E-state index contributed by atoms with van der Waals surface area (Å²) in [5.74, 6) is 1.96. The molecule has 4 atom stereocenters. The van der Waals surface area contributed by atoms with Gasteiger partial charge in [0.25, 0.3) is 0 Å². The van der Waals surface area contributed by atoms with E-state index in [1.54, 1.807) is 0 Å². The van der Waals surface area contributed by atoms with E-state index < -0.39 is 0 Å². The van der Waals surface area contributed by atoms with Gasteiger partial charge in [-0.05, 0) is 57.4 Å². The van der Waals surface area contributed by atoms with Crippen LogP contribution in [0.15, 0.2) is 0 Å². The molecule has 0 aromatic carbocycles. The minimum atomic E-state index is 0.876. The normalized spacial score (nSPS) is 34.8. The molecule has 3 aliphatic rings. The highest BCUT2D eigenvalue weighted by atomic mass is 15.2. The number of nitrogens with zero attached hydrogens (tertiary/aromatic N) is 1. The molecule has 32 heavy (non-hydrogen) atoms. The van der Waals surface area contributed by atoms with Crippen LogP contribution in [0.4, 0.5) is 0 Å². The van der Waals surface area contributed by atoms with Gasteiger partial charge in [0.2, 0.25) is 0 Å². The van der Waals surface area contributed by atoms with E-state index >= 15 is 0 Å². The van der Waals surface area contributed by atoms with Crippen molar-refractivity contribution < 1.29 is 0 Å². The van der Waals surface area contributed by atoms with Gasteiger partial charge in [-0.25, -0.2) is 0 Å². The second kappa shape index (κ2) is 16.6. The van der Waals surface area contributed by atoms with Gasteiger partial charge in [0.15, 0.2) is 0 Å². The summed E-state index contributed by atoms with van der Waals surface area (Å²) in [4.78, 5) is 3.01. The minimum Gasteiger partial charge on any atom is -0.300 e. The van der Waals surface area contributed by atoms with E-state index in [9.17, 15) is 0 Å². The van der Waals surface area contributed by atoms with Crippen LogP contribution >= 0.6 is 0 Å². The third-order valence-electron chi connectivity index (χ3n) is 9.68. The Balaban J connectivity index is 1.67. The molecule has 3 rings (SSSR count). The van der Waals surface area contributed by atoms with Gasteiger partial charge in [-0.15, -0.1) is 0 Å². The Hall–Kier alpha value is -0.0400. The smallest absolute Gasteiger partial charge is 0.0123 e. The zero-order valence-corrected chi connectivity index (χ0v) is 22.1. The molecule has 0 bridgehead atoms. The SMILES string of the molecule is CN1C2CCCCCCCCCCCCC2CCCC2CCCCCCCCCCCC21. The molecule has 0 radical (unpaired) electrons. The first-order chi connectivity index (χ1) is 15.9. The molecule has 2 aliphatic carbocycles. The molecule has 0 N–H and O–H groups in total. The third-order valence-corrected chi connectivity index (χ3v) is 9.68. The van der Waals surface area contributed by atoms with Crippen LogP contribution in [0, 0.1) is 11.8 Å². The van der Waals surface area contributed by atoms with Gasteiger partial charge < -0.3 is 0 Å². The summed E-state index contributed by atoms with van der Waals surface area (Å²) in [6.07, 6.45) is 39.0. The van der Waals surface area contributed by atoms with Gasteiger partial charge in [0, 0.05) is 12.1 Å². The van der Waals surface area contributed by atoms with E-state index in [0.29, 0.717) is 0 Å². The highest BCUT2D eigenvalue weighted by Gasteiger charge is 2.35. The summed E-state index contributed by atoms with van der Waals surface area (Å²) in [6.45, 7) is 0. The average molecular weight is 446 g/mol. The fourth-order valence-electron chi connectivity index (χ4n) is 7.66. The van der Waals surface area contributed by atoms with Crippen molar-refractivity contribution in [3.63, 3.8) is 0 Å². The molecule has 3 fully saturated rings. The number of rotatable bonds is 0. The Morgan fingerprint density at radius 2 is 0.562 bits per heavy atom. The predicted molar refractivity (Wildman–Crippen MR) is 142 cm³/mol. The Morgan fingerprint density at radius 1 is 0.312 bits per heavy atom. The van der Waals surface area contributed by atoms with E-state index in [2.05, 4.69) is 11.9 Å². The van der Waals surface area contributed by atoms with Gasteiger partial charge >= 0.3 is 0 Å². The highest BCUT2D eigenvalue weighted by molar-refractivity contribution is 4.89. The molecule has 0 aromatic rings.